The highest BCUT2D eigenvalue weighted by Gasteiger charge is 2.20. The first-order valence-corrected chi connectivity index (χ1v) is 5.29. The Balaban J connectivity index is 1.93. The predicted molar refractivity (Wildman–Crippen MR) is 61.0 cm³/mol. The summed E-state index contributed by atoms with van der Waals surface area (Å²) in [6.07, 6.45) is 2.12. The Hall–Kier alpha value is -1.77. The Morgan fingerprint density at radius 2 is 1.88 bits per heavy atom. The van der Waals surface area contributed by atoms with Gasteiger partial charge in [0.2, 0.25) is 0 Å². The third kappa shape index (κ3) is 2.63. The molecule has 0 amide bonds. The smallest absolute Gasteiger partial charge is 0.434 e. The second-order valence-corrected chi connectivity index (χ2v) is 3.89. The maximum Gasteiger partial charge on any atom is 0.508 e. The zero-order valence-corrected chi connectivity index (χ0v) is 9.02. The Morgan fingerprint density at radius 3 is 2.44 bits per heavy atom. The normalized spacial score (nSPS) is 16.4. The lowest BCUT2D eigenvalue weighted by Crippen LogP contribution is -2.28. The molecule has 1 fully saturated rings. The van der Waals surface area contributed by atoms with Crippen molar-refractivity contribution in [3.63, 3.8) is 0 Å². The first-order valence-electron chi connectivity index (χ1n) is 5.29. The van der Waals surface area contributed by atoms with Crippen LogP contribution in [0.5, 0.6) is 0 Å². The van der Waals surface area contributed by atoms with Crippen molar-refractivity contribution in [3.05, 3.63) is 42.0 Å². The molecule has 0 N–H and O–H groups in total. The Kier molecular flexibility index (Phi) is 3.25. The molecule has 16 heavy (non-hydrogen) atoms. The van der Waals surface area contributed by atoms with Crippen LogP contribution in [0.25, 0.3) is 6.08 Å². The molecule has 0 bridgehead atoms. The molecule has 1 aliphatic rings. The molecule has 0 spiro atoms. The van der Waals surface area contributed by atoms with E-state index in [0.29, 0.717) is 13.2 Å². The molecule has 1 aromatic carbocycles. The summed E-state index contributed by atoms with van der Waals surface area (Å²) < 4.78 is 9.66. The van der Waals surface area contributed by atoms with Crippen LogP contribution in [-0.2, 0) is 15.9 Å². The fraction of sp³-hybridized carbons (Fsp3) is 0.308. The standard InChI is InChI=1S/C13H14O3/c1-2-10-3-5-11(6-4-10)7-12-8-15-13(14)16-9-12/h2-6,12H,1,7-9H2. The second kappa shape index (κ2) is 4.84. The Morgan fingerprint density at radius 1 is 1.25 bits per heavy atom. The van der Waals surface area contributed by atoms with Gasteiger partial charge in [-0.05, 0) is 17.5 Å². The highest BCUT2D eigenvalue weighted by molar-refractivity contribution is 5.60. The maximum absolute atomic E-state index is 10.7. The molecule has 84 valence electrons. The van der Waals surface area contributed by atoms with Gasteiger partial charge in [-0.15, -0.1) is 0 Å². The number of ether oxygens (including phenoxy) is 2. The van der Waals surface area contributed by atoms with E-state index in [1.165, 1.54) is 5.56 Å². The molecule has 1 aliphatic heterocycles. The molecule has 0 aliphatic carbocycles. The van der Waals surface area contributed by atoms with Crippen molar-refractivity contribution in [3.8, 4) is 0 Å². The minimum Gasteiger partial charge on any atom is -0.434 e. The quantitative estimate of drug-likeness (QED) is 0.732. The van der Waals surface area contributed by atoms with Gasteiger partial charge in [0.15, 0.2) is 0 Å². The predicted octanol–water partition coefficient (Wildman–Crippen LogP) is 2.66. The molecule has 3 heteroatoms. The van der Waals surface area contributed by atoms with E-state index in [0.717, 1.165) is 12.0 Å². The van der Waals surface area contributed by atoms with E-state index in [-0.39, 0.29) is 5.92 Å². The van der Waals surface area contributed by atoms with Gasteiger partial charge in [0.1, 0.15) is 13.2 Å². The van der Waals surface area contributed by atoms with Crippen LogP contribution in [0.2, 0.25) is 0 Å². The number of carbonyl (C=O) groups is 1. The van der Waals surface area contributed by atoms with Crippen LogP contribution in [0.15, 0.2) is 30.8 Å². The van der Waals surface area contributed by atoms with Gasteiger partial charge < -0.3 is 9.47 Å². The van der Waals surface area contributed by atoms with E-state index in [9.17, 15) is 4.79 Å². The van der Waals surface area contributed by atoms with E-state index in [1.807, 2.05) is 18.2 Å². The summed E-state index contributed by atoms with van der Waals surface area (Å²) in [7, 11) is 0. The third-order valence-electron chi connectivity index (χ3n) is 2.61. The number of hydrogen-bond acceptors (Lipinski definition) is 3. The fourth-order valence-electron chi connectivity index (χ4n) is 1.70. The molecule has 3 nitrogen and oxygen atoms in total. The second-order valence-electron chi connectivity index (χ2n) is 3.89. The first-order chi connectivity index (χ1) is 7.78. The maximum atomic E-state index is 10.7. The van der Waals surface area contributed by atoms with E-state index >= 15 is 0 Å². The minimum absolute atomic E-state index is 0.257. The monoisotopic (exact) mass is 218 g/mol. The van der Waals surface area contributed by atoms with Crippen molar-refractivity contribution in [1.29, 1.82) is 0 Å². The molecule has 0 unspecified atom stereocenters. The van der Waals surface area contributed by atoms with Crippen LogP contribution in [0.1, 0.15) is 11.1 Å². The summed E-state index contributed by atoms with van der Waals surface area (Å²) in [5, 5.41) is 0. The van der Waals surface area contributed by atoms with Gasteiger partial charge in [-0.25, -0.2) is 4.79 Å². The lowest BCUT2D eigenvalue weighted by molar-refractivity contribution is -0.0117. The van der Waals surface area contributed by atoms with Crippen molar-refractivity contribution >= 4 is 12.2 Å². The zero-order chi connectivity index (χ0) is 11.4. The lowest BCUT2D eigenvalue weighted by atomic mass is 9.99. The van der Waals surface area contributed by atoms with Crippen molar-refractivity contribution in [2.24, 2.45) is 5.92 Å². The van der Waals surface area contributed by atoms with E-state index in [4.69, 9.17) is 9.47 Å². The highest BCUT2D eigenvalue weighted by Crippen LogP contribution is 2.15. The van der Waals surface area contributed by atoms with Crippen LogP contribution in [0.3, 0.4) is 0 Å². The molecule has 0 saturated carbocycles. The van der Waals surface area contributed by atoms with Crippen LogP contribution in [0.4, 0.5) is 4.79 Å². The number of rotatable bonds is 3. The van der Waals surface area contributed by atoms with E-state index < -0.39 is 6.16 Å². The topological polar surface area (TPSA) is 35.5 Å². The van der Waals surface area contributed by atoms with Crippen molar-refractivity contribution in [2.75, 3.05) is 13.2 Å². The Labute approximate surface area is 94.7 Å². The number of hydrogen-bond donors (Lipinski definition) is 0. The average Bonchev–Trinajstić information content (AvgIpc) is 2.33. The fourth-order valence-corrected chi connectivity index (χ4v) is 1.70. The van der Waals surface area contributed by atoms with Gasteiger partial charge in [-0.2, -0.15) is 0 Å². The van der Waals surface area contributed by atoms with Crippen LogP contribution in [0, 0.1) is 5.92 Å². The molecule has 0 atom stereocenters. The van der Waals surface area contributed by atoms with Gasteiger partial charge >= 0.3 is 6.16 Å². The first kappa shape index (κ1) is 10.7. The zero-order valence-electron chi connectivity index (χ0n) is 9.02. The molecular formula is C13H14O3. The number of carbonyl (C=O) groups excluding carboxylic acids is 1. The summed E-state index contributed by atoms with van der Waals surface area (Å²) in [6.45, 7) is 4.60. The average molecular weight is 218 g/mol. The van der Waals surface area contributed by atoms with Gasteiger partial charge in [-0.1, -0.05) is 36.9 Å². The van der Waals surface area contributed by atoms with Crippen LogP contribution in [-0.4, -0.2) is 19.4 Å². The SMILES string of the molecule is C=Cc1ccc(CC2COC(=O)OC2)cc1. The molecule has 0 aromatic heterocycles. The summed E-state index contributed by atoms with van der Waals surface area (Å²) in [5.41, 5.74) is 2.33. The van der Waals surface area contributed by atoms with Crippen LogP contribution >= 0.6 is 0 Å². The molecule has 2 rings (SSSR count). The summed E-state index contributed by atoms with van der Waals surface area (Å²) in [5.74, 6) is 0.257. The summed E-state index contributed by atoms with van der Waals surface area (Å²) >= 11 is 0. The van der Waals surface area contributed by atoms with Gasteiger partial charge in [-0.3, -0.25) is 0 Å². The number of cyclic esters (lactones) is 2. The minimum atomic E-state index is -0.557. The molecule has 0 radical (unpaired) electrons. The van der Waals surface area contributed by atoms with Gasteiger partial charge in [0.25, 0.3) is 0 Å². The molecule has 1 saturated heterocycles. The van der Waals surface area contributed by atoms with Gasteiger partial charge in [0.05, 0.1) is 0 Å². The summed E-state index contributed by atoms with van der Waals surface area (Å²) in [4.78, 5) is 10.7. The molecule has 1 aromatic rings. The lowest BCUT2D eigenvalue weighted by Gasteiger charge is -2.21. The molecular weight excluding hydrogens is 204 g/mol. The van der Waals surface area contributed by atoms with E-state index in [1.54, 1.807) is 0 Å². The van der Waals surface area contributed by atoms with Crippen molar-refractivity contribution in [1.82, 2.24) is 0 Å². The van der Waals surface area contributed by atoms with Crippen LogP contribution < -0.4 is 0 Å². The summed E-state index contributed by atoms with van der Waals surface area (Å²) in [6, 6.07) is 8.18. The Bertz CT molecular complexity index is 371. The van der Waals surface area contributed by atoms with Crippen molar-refractivity contribution in [2.45, 2.75) is 6.42 Å². The van der Waals surface area contributed by atoms with E-state index in [2.05, 4.69) is 18.7 Å². The van der Waals surface area contributed by atoms with Crippen molar-refractivity contribution < 1.29 is 14.3 Å². The largest absolute Gasteiger partial charge is 0.508 e. The van der Waals surface area contributed by atoms with Gasteiger partial charge in [0, 0.05) is 5.92 Å². The molecule has 1 heterocycles. The third-order valence-corrected chi connectivity index (χ3v) is 2.61. The number of benzene rings is 1. The highest BCUT2D eigenvalue weighted by atomic mass is 16.7.